The van der Waals surface area contributed by atoms with Gasteiger partial charge in [0.05, 0.1) is 0 Å². The van der Waals surface area contributed by atoms with Crippen molar-refractivity contribution in [2.75, 3.05) is 24.5 Å². The van der Waals surface area contributed by atoms with Crippen molar-refractivity contribution in [1.82, 2.24) is 0 Å². The minimum Gasteiger partial charge on any atom is -0.363 e. The van der Waals surface area contributed by atoms with Gasteiger partial charge in [-0.25, -0.2) is 0 Å². The predicted molar refractivity (Wildman–Crippen MR) is 68.2 cm³/mol. The van der Waals surface area contributed by atoms with Crippen LogP contribution in [-0.4, -0.2) is 25.8 Å². The average molecular weight is 281 g/mol. The lowest BCUT2D eigenvalue weighted by Gasteiger charge is -2.27. The molecule has 102 valence electrons. The maximum atomic E-state index is 12.5. The molecule has 0 heterocycles. The molecule has 6 heteroatoms. The summed E-state index contributed by atoms with van der Waals surface area (Å²) in [7, 11) is 0. The van der Waals surface area contributed by atoms with Gasteiger partial charge in [0.15, 0.2) is 0 Å². The van der Waals surface area contributed by atoms with Crippen LogP contribution in [0, 0.1) is 0 Å². The fourth-order valence-corrected chi connectivity index (χ4v) is 2.08. The van der Waals surface area contributed by atoms with Crippen molar-refractivity contribution in [3.05, 3.63) is 28.8 Å². The average Bonchev–Trinajstić information content (AvgIpc) is 2.28. The Kier molecular flexibility index (Phi) is 5.28. The second-order valence-electron chi connectivity index (χ2n) is 3.91. The van der Waals surface area contributed by atoms with Crippen LogP contribution in [0.15, 0.2) is 18.2 Å². The molecule has 0 bridgehead atoms. The molecular formula is C12H16ClF3N2. The van der Waals surface area contributed by atoms with Gasteiger partial charge in [0.25, 0.3) is 0 Å². The Morgan fingerprint density at radius 3 is 2.50 bits per heavy atom. The zero-order valence-electron chi connectivity index (χ0n) is 10.1. The van der Waals surface area contributed by atoms with Gasteiger partial charge in [0.1, 0.15) is 6.54 Å². The molecule has 2 N–H and O–H groups in total. The van der Waals surface area contributed by atoms with Crippen LogP contribution >= 0.6 is 11.6 Å². The topological polar surface area (TPSA) is 29.3 Å². The Bertz CT molecular complexity index is 393. The summed E-state index contributed by atoms with van der Waals surface area (Å²) in [4.78, 5) is 1.26. The highest BCUT2D eigenvalue weighted by Gasteiger charge is 2.31. The largest absolute Gasteiger partial charge is 0.405 e. The summed E-state index contributed by atoms with van der Waals surface area (Å²) in [5.74, 6) is 0. The highest BCUT2D eigenvalue weighted by atomic mass is 35.5. The quantitative estimate of drug-likeness (QED) is 0.897. The molecule has 0 amide bonds. The van der Waals surface area contributed by atoms with Gasteiger partial charge in [-0.05, 0) is 37.6 Å². The monoisotopic (exact) mass is 280 g/mol. The first kappa shape index (κ1) is 15.1. The van der Waals surface area contributed by atoms with Gasteiger partial charge in [0, 0.05) is 17.3 Å². The third-order valence-corrected chi connectivity index (χ3v) is 2.94. The molecule has 0 unspecified atom stereocenters. The zero-order chi connectivity index (χ0) is 13.8. The van der Waals surface area contributed by atoms with E-state index in [1.54, 1.807) is 25.1 Å². The molecule has 2 nitrogen and oxygen atoms in total. The van der Waals surface area contributed by atoms with Gasteiger partial charge < -0.3 is 10.6 Å². The summed E-state index contributed by atoms with van der Waals surface area (Å²) >= 11 is 6.02. The molecule has 0 aliphatic heterocycles. The first-order valence-electron chi connectivity index (χ1n) is 5.68. The number of benzene rings is 1. The SMILES string of the molecule is CCN(CC(F)(F)F)c1cccc(Cl)c1CCN. The summed E-state index contributed by atoms with van der Waals surface area (Å²) in [5.41, 5.74) is 6.65. The Balaban J connectivity index is 3.08. The van der Waals surface area contributed by atoms with Gasteiger partial charge in [-0.2, -0.15) is 13.2 Å². The lowest BCUT2D eigenvalue weighted by Crippen LogP contribution is -2.34. The van der Waals surface area contributed by atoms with Gasteiger partial charge in [0.2, 0.25) is 0 Å². The molecular weight excluding hydrogens is 265 g/mol. The Morgan fingerprint density at radius 2 is 2.00 bits per heavy atom. The molecule has 1 aromatic rings. The van der Waals surface area contributed by atoms with Gasteiger partial charge in [-0.1, -0.05) is 17.7 Å². The minimum absolute atomic E-state index is 0.261. The van der Waals surface area contributed by atoms with Crippen molar-refractivity contribution < 1.29 is 13.2 Å². The highest BCUT2D eigenvalue weighted by Crippen LogP contribution is 2.30. The number of nitrogens with two attached hydrogens (primary N) is 1. The molecule has 1 rings (SSSR count). The van der Waals surface area contributed by atoms with E-state index in [2.05, 4.69) is 0 Å². The van der Waals surface area contributed by atoms with Gasteiger partial charge in [-0.15, -0.1) is 0 Å². The van der Waals surface area contributed by atoms with Gasteiger partial charge >= 0.3 is 6.18 Å². The number of nitrogens with zero attached hydrogens (tertiary/aromatic N) is 1. The molecule has 0 spiro atoms. The predicted octanol–water partition coefficient (Wildman–Crippen LogP) is 3.23. The van der Waals surface area contributed by atoms with E-state index in [1.165, 1.54) is 4.90 Å². The number of halogens is 4. The summed E-state index contributed by atoms with van der Waals surface area (Å²) in [6, 6.07) is 4.96. The second-order valence-corrected chi connectivity index (χ2v) is 4.31. The third kappa shape index (κ3) is 4.07. The number of anilines is 1. The van der Waals surface area contributed by atoms with Crippen molar-refractivity contribution in [1.29, 1.82) is 0 Å². The third-order valence-electron chi connectivity index (χ3n) is 2.58. The summed E-state index contributed by atoms with van der Waals surface area (Å²) in [6.45, 7) is 1.30. The van der Waals surface area contributed by atoms with Crippen LogP contribution in [-0.2, 0) is 6.42 Å². The highest BCUT2D eigenvalue weighted by molar-refractivity contribution is 6.31. The van der Waals surface area contributed by atoms with E-state index in [9.17, 15) is 13.2 Å². The minimum atomic E-state index is -4.24. The molecule has 0 saturated carbocycles. The number of alkyl halides is 3. The Labute approximate surface area is 110 Å². The Hall–Kier alpha value is -0.940. The van der Waals surface area contributed by atoms with E-state index in [0.717, 1.165) is 0 Å². The molecule has 0 aliphatic rings. The molecule has 18 heavy (non-hydrogen) atoms. The van der Waals surface area contributed by atoms with Crippen LogP contribution in [0.5, 0.6) is 0 Å². The van der Waals surface area contributed by atoms with E-state index >= 15 is 0 Å². The summed E-state index contributed by atoms with van der Waals surface area (Å²) < 4.78 is 37.5. The zero-order valence-corrected chi connectivity index (χ0v) is 10.9. The van der Waals surface area contributed by atoms with Crippen LogP contribution in [0.2, 0.25) is 5.02 Å². The molecule has 1 aromatic carbocycles. The second kappa shape index (κ2) is 6.29. The van der Waals surface area contributed by atoms with E-state index < -0.39 is 12.7 Å². The van der Waals surface area contributed by atoms with Crippen molar-refractivity contribution in [2.24, 2.45) is 5.73 Å². The van der Waals surface area contributed by atoms with Crippen LogP contribution in [0.3, 0.4) is 0 Å². The van der Waals surface area contributed by atoms with Gasteiger partial charge in [-0.3, -0.25) is 0 Å². The summed E-state index contributed by atoms with van der Waals surface area (Å²) in [5, 5.41) is 0.457. The van der Waals surface area contributed by atoms with E-state index in [4.69, 9.17) is 17.3 Å². The maximum Gasteiger partial charge on any atom is 0.405 e. The smallest absolute Gasteiger partial charge is 0.363 e. The molecule has 0 fully saturated rings. The lowest BCUT2D eigenvalue weighted by atomic mass is 10.1. The first-order valence-corrected chi connectivity index (χ1v) is 6.06. The Morgan fingerprint density at radius 1 is 1.33 bits per heavy atom. The molecule has 0 saturated heterocycles. The molecule has 0 aromatic heterocycles. The van der Waals surface area contributed by atoms with Crippen LogP contribution < -0.4 is 10.6 Å². The normalized spacial score (nSPS) is 11.7. The fourth-order valence-electron chi connectivity index (χ4n) is 1.82. The van der Waals surface area contributed by atoms with Crippen molar-refractivity contribution in [3.63, 3.8) is 0 Å². The van der Waals surface area contributed by atoms with Crippen molar-refractivity contribution in [3.8, 4) is 0 Å². The van der Waals surface area contributed by atoms with Crippen LogP contribution in [0.1, 0.15) is 12.5 Å². The van der Waals surface area contributed by atoms with Crippen LogP contribution in [0.4, 0.5) is 18.9 Å². The van der Waals surface area contributed by atoms with E-state index in [0.29, 0.717) is 29.2 Å². The number of rotatable bonds is 5. The van der Waals surface area contributed by atoms with Crippen LogP contribution in [0.25, 0.3) is 0 Å². The molecule has 0 atom stereocenters. The number of hydrogen-bond donors (Lipinski definition) is 1. The van der Waals surface area contributed by atoms with E-state index in [1.807, 2.05) is 0 Å². The standard InChI is InChI=1S/C12H16ClF3N2/c1-2-18(8-12(14,15)16)11-5-3-4-10(13)9(11)6-7-17/h3-5H,2,6-8,17H2,1H3. The molecule has 0 aliphatic carbocycles. The molecule has 0 radical (unpaired) electrons. The van der Waals surface area contributed by atoms with Crippen molar-refractivity contribution in [2.45, 2.75) is 19.5 Å². The summed E-state index contributed by atoms with van der Waals surface area (Å²) in [6.07, 6.45) is -3.78. The lowest BCUT2D eigenvalue weighted by molar-refractivity contribution is -0.119. The van der Waals surface area contributed by atoms with E-state index in [-0.39, 0.29) is 6.54 Å². The number of hydrogen-bond acceptors (Lipinski definition) is 2. The van der Waals surface area contributed by atoms with Crippen molar-refractivity contribution >= 4 is 17.3 Å². The fraction of sp³-hybridized carbons (Fsp3) is 0.500. The maximum absolute atomic E-state index is 12.5. The first-order chi connectivity index (χ1) is 8.39.